The van der Waals surface area contributed by atoms with Gasteiger partial charge in [0.2, 0.25) is 0 Å². The van der Waals surface area contributed by atoms with E-state index in [1.165, 1.54) is 0 Å². The fourth-order valence-corrected chi connectivity index (χ4v) is 3.64. The molecule has 0 saturated carbocycles. The summed E-state index contributed by atoms with van der Waals surface area (Å²) in [4.78, 5) is 0. The molecule has 0 amide bonds. The monoisotopic (exact) mass is 403 g/mol. The lowest BCUT2D eigenvalue weighted by Crippen LogP contribution is -2.09. The Hall–Kier alpha value is -2.23. The smallest absolute Gasteiger partial charge is 0.400 e. The molecule has 0 radical (unpaired) electrons. The fourth-order valence-electron chi connectivity index (χ4n) is 1.99. The molecule has 0 heterocycles. The van der Waals surface area contributed by atoms with E-state index in [1.807, 2.05) is 48.5 Å². The van der Waals surface area contributed by atoms with Crippen molar-refractivity contribution in [2.24, 2.45) is 0 Å². The van der Waals surface area contributed by atoms with Crippen LogP contribution < -0.4 is 14.1 Å². The van der Waals surface area contributed by atoms with Gasteiger partial charge in [0.15, 0.2) is 0 Å². The largest absolute Gasteiger partial charge is 0.541 e. The van der Waals surface area contributed by atoms with Crippen molar-refractivity contribution in [3.05, 3.63) is 89.4 Å². The predicted octanol–water partition coefficient (Wildman–Crippen LogP) is 6.13. The molecule has 0 aromatic heterocycles. The van der Waals surface area contributed by atoms with Crippen LogP contribution in [0.2, 0.25) is 0 Å². The first kappa shape index (κ1) is 16.6. The number of halogens is 1. The van der Waals surface area contributed by atoms with Gasteiger partial charge in [-0.25, -0.2) is 4.57 Å². The summed E-state index contributed by atoms with van der Waals surface area (Å²) in [6.45, 7) is 0. The van der Waals surface area contributed by atoms with Crippen molar-refractivity contribution >= 4 is 29.4 Å². The molecule has 4 nitrogen and oxygen atoms in total. The minimum atomic E-state index is -3.67. The van der Waals surface area contributed by atoms with Gasteiger partial charge in [-0.3, -0.25) is 5.09 Å². The van der Waals surface area contributed by atoms with Crippen molar-refractivity contribution in [2.45, 2.75) is 0 Å². The minimum Gasteiger partial charge on any atom is -0.400 e. The molecule has 6 heteroatoms. The Labute approximate surface area is 149 Å². The highest BCUT2D eigenvalue weighted by molar-refractivity contribution is 9.10. The lowest BCUT2D eigenvalue weighted by Gasteiger charge is -2.21. The van der Waals surface area contributed by atoms with Crippen molar-refractivity contribution in [1.82, 2.24) is 0 Å². The Bertz CT molecular complexity index is 780. The normalized spacial score (nSPS) is 10.9. The highest BCUT2D eigenvalue weighted by Crippen LogP contribution is 2.48. The molecule has 3 rings (SSSR count). The second-order valence-corrected chi connectivity index (χ2v) is 7.42. The van der Waals surface area contributed by atoms with Crippen molar-refractivity contribution in [3.8, 4) is 11.5 Å². The Morgan fingerprint density at radius 2 is 1.17 bits per heavy atom. The number of hydrogen-bond donors (Lipinski definition) is 1. The van der Waals surface area contributed by atoms with Gasteiger partial charge in [-0.15, -0.1) is 0 Å². The molecule has 0 aliphatic carbocycles. The maximum Gasteiger partial charge on any atom is 0.541 e. The molecule has 0 unspecified atom stereocenters. The summed E-state index contributed by atoms with van der Waals surface area (Å²) in [5.41, 5.74) is 0.633. The van der Waals surface area contributed by atoms with Crippen molar-refractivity contribution in [2.75, 3.05) is 5.09 Å². The van der Waals surface area contributed by atoms with Gasteiger partial charge >= 0.3 is 7.75 Å². The van der Waals surface area contributed by atoms with E-state index in [2.05, 4.69) is 21.0 Å². The zero-order valence-electron chi connectivity index (χ0n) is 12.6. The topological polar surface area (TPSA) is 47.6 Å². The van der Waals surface area contributed by atoms with Gasteiger partial charge in [-0.2, -0.15) is 0 Å². The van der Waals surface area contributed by atoms with Crippen LogP contribution in [-0.2, 0) is 4.57 Å². The number of para-hydroxylation sites is 2. The molecule has 0 atom stereocenters. The SMILES string of the molecule is O=P(Nc1ccc(Br)cc1)(Oc1ccccc1)Oc1ccccc1. The maximum absolute atomic E-state index is 13.2. The molecule has 3 aromatic carbocycles. The van der Waals surface area contributed by atoms with Crippen LogP contribution in [0.15, 0.2) is 89.4 Å². The average Bonchev–Trinajstić information content (AvgIpc) is 2.58. The number of anilines is 1. The summed E-state index contributed by atoms with van der Waals surface area (Å²) < 4.78 is 25.5. The average molecular weight is 404 g/mol. The quantitative estimate of drug-likeness (QED) is 0.503. The molecule has 0 aliphatic rings. The van der Waals surface area contributed by atoms with Gasteiger partial charge in [0.05, 0.1) is 0 Å². The van der Waals surface area contributed by atoms with Crippen LogP contribution in [0.3, 0.4) is 0 Å². The summed E-state index contributed by atoms with van der Waals surface area (Å²) >= 11 is 3.37. The standard InChI is InChI=1S/C18H15BrNO3P/c19-15-11-13-16(14-12-15)20-24(21,22-17-7-3-1-4-8-17)23-18-9-5-2-6-10-18/h1-14H,(H,20,21). The molecule has 0 spiro atoms. The lowest BCUT2D eigenvalue weighted by molar-refractivity contribution is 0.393. The van der Waals surface area contributed by atoms with Gasteiger partial charge in [0.25, 0.3) is 0 Å². The summed E-state index contributed by atoms with van der Waals surface area (Å²) in [6, 6.07) is 25.1. The summed E-state index contributed by atoms with van der Waals surface area (Å²) in [7, 11) is -3.67. The second kappa shape index (κ2) is 7.56. The third kappa shape index (κ3) is 4.63. The van der Waals surface area contributed by atoms with Crippen LogP contribution in [0.25, 0.3) is 0 Å². The number of hydrogen-bond acceptors (Lipinski definition) is 3. The lowest BCUT2D eigenvalue weighted by atomic mass is 10.3. The predicted molar refractivity (Wildman–Crippen MR) is 99.5 cm³/mol. The van der Waals surface area contributed by atoms with E-state index in [4.69, 9.17) is 9.05 Å². The molecule has 122 valence electrons. The Balaban J connectivity index is 1.87. The van der Waals surface area contributed by atoms with Crippen molar-refractivity contribution < 1.29 is 13.6 Å². The third-order valence-electron chi connectivity index (χ3n) is 3.05. The molecule has 3 aromatic rings. The zero-order chi connectivity index (χ0) is 16.8. The van der Waals surface area contributed by atoms with Crippen molar-refractivity contribution in [3.63, 3.8) is 0 Å². The van der Waals surface area contributed by atoms with E-state index >= 15 is 0 Å². The van der Waals surface area contributed by atoms with Gasteiger partial charge < -0.3 is 9.05 Å². The number of nitrogens with one attached hydrogen (secondary N) is 1. The van der Waals surface area contributed by atoms with Crippen LogP contribution in [0.5, 0.6) is 11.5 Å². The zero-order valence-corrected chi connectivity index (χ0v) is 15.1. The molecule has 0 aliphatic heterocycles. The first-order valence-electron chi connectivity index (χ1n) is 7.26. The van der Waals surface area contributed by atoms with Crippen LogP contribution in [0, 0.1) is 0 Å². The van der Waals surface area contributed by atoms with E-state index in [0.717, 1.165) is 4.47 Å². The fraction of sp³-hybridized carbons (Fsp3) is 0. The molecule has 0 fully saturated rings. The molecule has 0 saturated heterocycles. The molecule has 24 heavy (non-hydrogen) atoms. The molecule has 0 bridgehead atoms. The first-order valence-corrected chi connectivity index (χ1v) is 9.60. The van der Waals surface area contributed by atoms with E-state index in [1.54, 1.807) is 36.4 Å². The van der Waals surface area contributed by atoms with E-state index < -0.39 is 7.75 Å². The molecular formula is C18H15BrNO3P. The second-order valence-electron chi connectivity index (χ2n) is 4.92. The van der Waals surface area contributed by atoms with Crippen LogP contribution in [-0.4, -0.2) is 0 Å². The Morgan fingerprint density at radius 3 is 1.62 bits per heavy atom. The van der Waals surface area contributed by atoms with Crippen LogP contribution in [0.1, 0.15) is 0 Å². The highest BCUT2D eigenvalue weighted by Gasteiger charge is 2.29. The Kier molecular flexibility index (Phi) is 5.24. The summed E-state index contributed by atoms with van der Waals surface area (Å²) in [6.07, 6.45) is 0. The van der Waals surface area contributed by atoms with Crippen molar-refractivity contribution in [1.29, 1.82) is 0 Å². The van der Waals surface area contributed by atoms with Gasteiger partial charge in [0, 0.05) is 10.2 Å². The highest BCUT2D eigenvalue weighted by atomic mass is 79.9. The van der Waals surface area contributed by atoms with Crippen LogP contribution >= 0.6 is 23.7 Å². The summed E-state index contributed by atoms with van der Waals surface area (Å²) in [5, 5.41) is 2.87. The minimum absolute atomic E-state index is 0.460. The van der Waals surface area contributed by atoms with E-state index in [0.29, 0.717) is 17.2 Å². The van der Waals surface area contributed by atoms with E-state index in [-0.39, 0.29) is 0 Å². The van der Waals surface area contributed by atoms with E-state index in [9.17, 15) is 4.57 Å². The third-order valence-corrected chi connectivity index (χ3v) is 5.01. The summed E-state index contributed by atoms with van der Waals surface area (Å²) in [5.74, 6) is 0.919. The first-order chi connectivity index (χ1) is 11.6. The molecular weight excluding hydrogens is 389 g/mol. The number of rotatable bonds is 6. The number of benzene rings is 3. The Morgan fingerprint density at radius 1 is 0.708 bits per heavy atom. The van der Waals surface area contributed by atoms with Crippen LogP contribution in [0.4, 0.5) is 5.69 Å². The van der Waals surface area contributed by atoms with Gasteiger partial charge in [-0.05, 0) is 48.5 Å². The van der Waals surface area contributed by atoms with Gasteiger partial charge in [-0.1, -0.05) is 52.3 Å². The van der Waals surface area contributed by atoms with Gasteiger partial charge in [0.1, 0.15) is 11.5 Å². The maximum atomic E-state index is 13.2. The molecule has 1 N–H and O–H groups in total.